The van der Waals surface area contributed by atoms with E-state index in [2.05, 4.69) is 16.3 Å². The molecule has 2 nitrogen and oxygen atoms in total. The summed E-state index contributed by atoms with van der Waals surface area (Å²) in [6.45, 7) is 0. The van der Waals surface area contributed by atoms with Crippen LogP contribution in [0.5, 0.6) is 0 Å². The van der Waals surface area contributed by atoms with Gasteiger partial charge in [-0.15, -0.1) is 0 Å². The zero-order valence-corrected chi connectivity index (χ0v) is 7.07. The van der Waals surface area contributed by atoms with Crippen molar-refractivity contribution >= 4 is 12.2 Å². The smallest absolute Gasteiger partial charge is 0.0848 e. The Morgan fingerprint density at radius 3 is 2.69 bits per heavy atom. The van der Waals surface area contributed by atoms with E-state index in [0.29, 0.717) is 0 Å². The van der Waals surface area contributed by atoms with E-state index in [0.717, 1.165) is 11.3 Å². The van der Waals surface area contributed by atoms with Gasteiger partial charge in [-0.1, -0.05) is 30.3 Å². The summed E-state index contributed by atoms with van der Waals surface area (Å²) in [4.78, 5) is 0. The molecule has 1 aromatic carbocycles. The summed E-state index contributed by atoms with van der Waals surface area (Å²) >= 11 is 0. The van der Waals surface area contributed by atoms with Crippen molar-refractivity contribution in [2.24, 2.45) is 0 Å². The van der Waals surface area contributed by atoms with E-state index >= 15 is 0 Å². The van der Waals surface area contributed by atoms with E-state index in [-0.39, 0.29) is 0 Å². The van der Waals surface area contributed by atoms with Crippen molar-refractivity contribution in [1.82, 2.24) is 10.2 Å². The number of nitrogens with one attached hydrogen (secondary N) is 1. The summed E-state index contributed by atoms with van der Waals surface area (Å²) in [5, 5.41) is 6.77. The molecule has 0 amide bonds. The molecule has 0 spiro atoms. The van der Waals surface area contributed by atoms with Crippen molar-refractivity contribution in [2.75, 3.05) is 0 Å². The van der Waals surface area contributed by atoms with Gasteiger partial charge in [0.05, 0.1) is 5.69 Å². The van der Waals surface area contributed by atoms with Gasteiger partial charge < -0.3 is 0 Å². The molecule has 0 bridgehead atoms. The van der Waals surface area contributed by atoms with Crippen LogP contribution in [0.1, 0.15) is 11.3 Å². The highest BCUT2D eigenvalue weighted by Gasteiger charge is 1.86. The molecular formula is C11H9N2. The van der Waals surface area contributed by atoms with Crippen LogP contribution < -0.4 is 0 Å². The minimum atomic E-state index is 0.938. The van der Waals surface area contributed by atoms with Gasteiger partial charge in [-0.05, 0) is 23.8 Å². The Labute approximate surface area is 76.9 Å². The fourth-order valence-corrected chi connectivity index (χ4v) is 1.06. The summed E-state index contributed by atoms with van der Waals surface area (Å²) in [7, 11) is 0. The topological polar surface area (TPSA) is 28.7 Å². The van der Waals surface area contributed by atoms with Crippen LogP contribution in [0.4, 0.5) is 0 Å². The van der Waals surface area contributed by atoms with E-state index < -0.39 is 0 Å². The summed E-state index contributed by atoms with van der Waals surface area (Å²) in [5.74, 6) is 0. The van der Waals surface area contributed by atoms with E-state index in [1.165, 1.54) is 0 Å². The van der Waals surface area contributed by atoms with Crippen LogP contribution in [-0.4, -0.2) is 10.2 Å². The molecule has 0 aliphatic heterocycles. The van der Waals surface area contributed by atoms with Gasteiger partial charge in [0.1, 0.15) is 0 Å². The Morgan fingerprint density at radius 1 is 1.15 bits per heavy atom. The number of hydrogen-bond donors (Lipinski definition) is 1. The first kappa shape index (κ1) is 7.80. The van der Waals surface area contributed by atoms with Crippen molar-refractivity contribution in [3.05, 3.63) is 53.9 Å². The Morgan fingerprint density at radius 2 is 2.00 bits per heavy atom. The summed E-state index contributed by atoms with van der Waals surface area (Å²) in [6.07, 6.45) is 5.79. The molecule has 63 valence electrons. The number of hydrogen-bond acceptors (Lipinski definition) is 1. The normalized spacial score (nSPS) is 10.8. The molecule has 0 unspecified atom stereocenters. The lowest BCUT2D eigenvalue weighted by Gasteiger charge is -1.88. The van der Waals surface area contributed by atoms with Crippen molar-refractivity contribution in [1.29, 1.82) is 0 Å². The third-order valence-corrected chi connectivity index (χ3v) is 1.71. The van der Waals surface area contributed by atoms with Crippen LogP contribution in [0.2, 0.25) is 0 Å². The minimum absolute atomic E-state index is 0.938. The second-order valence-corrected chi connectivity index (χ2v) is 2.67. The summed E-state index contributed by atoms with van der Waals surface area (Å²) < 4.78 is 0. The number of benzene rings is 1. The Balaban J connectivity index is 2.15. The highest BCUT2D eigenvalue weighted by atomic mass is 15.1. The van der Waals surface area contributed by atoms with E-state index in [1.54, 1.807) is 6.20 Å². The minimum Gasteiger partial charge on any atom is -0.285 e. The zero-order chi connectivity index (χ0) is 8.93. The van der Waals surface area contributed by atoms with Crippen molar-refractivity contribution < 1.29 is 0 Å². The maximum absolute atomic E-state index is 4.01. The first-order chi connectivity index (χ1) is 6.45. The predicted octanol–water partition coefficient (Wildman–Crippen LogP) is 2.38. The van der Waals surface area contributed by atoms with Crippen molar-refractivity contribution in [3.8, 4) is 0 Å². The number of H-pyrrole nitrogens is 1. The number of nitrogens with zero attached hydrogens (tertiary/aromatic N) is 1. The zero-order valence-electron chi connectivity index (χ0n) is 7.07. The molecule has 2 heteroatoms. The molecule has 0 saturated carbocycles. The van der Waals surface area contributed by atoms with Crippen LogP contribution in [0.15, 0.2) is 36.5 Å². The predicted molar refractivity (Wildman–Crippen MR) is 52.8 cm³/mol. The average Bonchev–Trinajstić information content (AvgIpc) is 2.69. The van der Waals surface area contributed by atoms with Crippen LogP contribution in [0.3, 0.4) is 0 Å². The van der Waals surface area contributed by atoms with Crippen molar-refractivity contribution in [3.63, 3.8) is 0 Å². The lowest BCUT2D eigenvalue weighted by atomic mass is 10.2. The van der Waals surface area contributed by atoms with Gasteiger partial charge in [0.25, 0.3) is 0 Å². The molecule has 1 radical (unpaired) electrons. The highest BCUT2D eigenvalue weighted by Crippen LogP contribution is 2.04. The number of rotatable bonds is 2. The second-order valence-electron chi connectivity index (χ2n) is 2.67. The monoisotopic (exact) mass is 169 g/mol. The average molecular weight is 169 g/mol. The van der Waals surface area contributed by atoms with Gasteiger partial charge in [0.2, 0.25) is 0 Å². The van der Waals surface area contributed by atoms with Gasteiger partial charge in [-0.3, -0.25) is 5.10 Å². The molecule has 1 aromatic heterocycles. The fourth-order valence-electron chi connectivity index (χ4n) is 1.06. The lowest BCUT2D eigenvalue weighted by molar-refractivity contribution is 1.08. The Kier molecular flexibility index (Phi) is 2.23. The molecule has 2 aromatic rings. The van der Waals surface area contributed by atoms with E-state index in [4.69, 9.17) is 0 Å². The third kappa shape index (κ3) is 2.06. The molecule has 0 atom stereocenters. The maximum atomic E-state index is 4.01. The van der Waals surface area contributed by atoms with Crippen LogP contribution in [0, 0.1) is 6.07 Å². The van der Waals surface area contributed by atoms with Gasteiger partial charge in [0.15, 0.2) is 0 Å². The van der Waals surface area contributed by atoms with Crippen LogP contribution in [0.25, 0.3) is 12.2 Å². The number of aromatic amines is 1. The molecule has 1 heterocycles. The van der Waals surface area contributed by atoms with Crippen LogP contribution >= 0.6 is 0 Å². The fraction of sp³-hybridized carbons (Fsp3) is 0. The quantitative estimate of drug-likeness (QED) is 0.734. The number of aromatic nitrogens is 2. The van der Waals surface area contributed by atoms with Gasteiger partial charge in [0, 0.05) is 6.20 Å². The van der Waals surface area contributed by atoms with Crippen molar-refractivity contribution in [2.45, 2.75) is 0 Å². The largest absolute Gasteiger partial charge is 0.285 e. The van der Waals surface area contributed by atoms with Gasteiger partial charge >= 0.3 is 0 Å². The first-order valence-corrected chi connectivity index (χ1v) is 4.09. The van der Waals surface area contributed by atoms with Crippen LogP contribution in [-0.2, 0) is 0 Å². The van der Waals surface area contributed by atoms with E-state index in [9.17, 15) is 0 Å². The molecule has 0 fully saturated rings. The molecule has 0 saturated heterocycles. The second kappa shape index (κ2) is 3.72. The van der Waals surface area contributed by atoms with E-state index in [1.807, 2.05) is 42.5 Å². The summed E-state index contributed by atoms with van der Waals surface area (Å²) in [6, 6.07) is 12.7. The Hall–Kier alpha value is -1.83. The SMILES string of the molecule is [c]1ccc(/C=C/c2cc[nH]n2)cc1. The molecule has 0 aliphatic carbocycles. The molecular weight excluding hydrogens is 160 g/mol. The first-order valence-electron chi connectivity index (χ1n) is 4.09. The lowest BCUT2D eigenvalue weighted by Crippen LogP contribution is -1.72. The molecule has 1 N–H and O–H groups in total. The summed E-state index contributed by atoms with van der Waals surface area (Å²) in [5.41, 5.74) is 2.09. The Bertz CT molecular complexity index is 374. The molecule has 13 heavy (non-hydrogen) atoms. The van der Waals surface area contributed by atoms with Gasteiger partial charge in [-0.25, -0.2) is 0 Å². The van der Waals surface area contributed by atoms with Gasteiger partial charge in [-0.2, -0.15) is 5.10 Å². The standard InChI is InChI=1S/C11H9N2/c1-2-4-10(5-3-1)6-7-11-8-9-12-13-11/h2-9H,(H,12,13)/b7-6+. The maximum Gasteiger partial charge on any atom is 0.0848 e. The molecule has 0 aliphatic rings. The molecule has 2 rings (SSSR count). The highest BCUT2D eigenvalue weighted by molar-refractivity contribution is 5.67. The third-order valence-electron chi connectivity index (χ3n) is 1.71.